The van der Waals surface area contributed by atoms with E-state index in [0.717, 1.165) is 48.2 Å². The minimum absolute atomic E-state index is 0.000303. The van der Waals surface area contributed by atoms with Gasteiger partial charge in [0.15, 0.2) is 6.61 Å². The van der Waals surface area contributed by atoms with Gasteiger partial charge in [-0.05, 0) is 92.1 Å². The fourth-order valence-corrected chi connectivity index (χ4v) is 6.58. The van der Waals surface area contributed by atoms with Crippen molar-refractivity contribution in [3.05, 3.63) is 66.2 Å². The second-order valence-corrected chi connectivity index (χ2v) is 12.3. The number of fused-ring (bicyclic) bond motifs is 1. The van der Waals surface area contributed by atoms with Crippen molar-refractivity contribution in [2.75, 3.05) is 67.4 Å². The van der Waals surface area contributed by atoms with Crippen LogP contribution in [0.4, 0.5) is 27.5 Å². The van der Waals surface area contributed by atoms with Gasteiger partial charge in [-0.25, -0.2) is 4.79 Å². The molecule has 4 N–H and O–H groups in total. The number of hydrogen-bond donors (Lipinski definition) is 3. The predicted octanol–water partition coefficient (Wildman–Crippen LogP) is 5.15. The summed E-state index contributed by atoms with van der Waals surface area (Å²) in [4.78, 5) is 43.0. The van der Waals surface area contributed by atoms with Crippen molar-refractivity contribution in [3.63, 3.8) is 0 Å². The molecule has 2 atom stereocenters. The van der Waals surface area contributed by atoms with Crippen LogP contribution in [0.1, 0.15) is 44.1 Å². The number of hydrogen-bond acceptors (Lipinski definition) is 8. The number of nitrogens with one attached hydrogen (secondary N) is 2. The molecule has 0 aromatic heterocycles. The van der Waals surface area contributed by atoms with Crippen LogP contribution in [-0.4, -0.2) is 70.5 Å². The Morgan fingerprint density at radius 3 is 2.68 bits per heavy atom. The highest BCUT2D eigenvalue weighted by molar-refractivity contribution is 6.01. The molecular formula is C36H43N5O6. The van der Waals surface area contributed by atoms with E-state index < -0.39 is 6.09 Å². The Hall–Kier alpha value is -4.61. The standard InChI is InChI=1S/C36H43N5O6/c1-3-46-36(44)39-31-12-8-24(19-30(31)37)23-6-4-7-25(18-23)28-14-15-38-21-29(28)35(43)41(26-9-10-26)27-11-13-33-32(20-27)40(16-5-17-45-2)34(42)22-47-33/h4,6-8,11-13,18-20,26,28-29,38H,3,5,9-10,14-17,21-22,37H2,1-2H3,(H,39,44)/t28-,29+/m1/s1. The molecule has 6 rings (SSSR count). The molecule has 1 saturated heterocycles. The number of carbonyl (C=O) groups is 3. The molecule has 0 radical (unpaired) electrons. The van der Waals surface area contributed by atoms with Crippen molar-refractivity contribution >= 4 is 40.7 Å². The summed E-state index contributed by atoms with van der Waals surface area (Å²) >= 11 is 0. The summed E-state index contributed by atoms with van der Waals surface area (Å²) in [6, 6.07) is 19.7. The van der Waals surface area contributed by atoms with E-state index in [2.05, 4.69) is 22.8 Å². The lowest BCUT2D eigenvalue weighted by Gasteiger charge is -2.36. The first-order valence-corrected chi connectivity index (χ1v) is 16.4. The van der Waals surface area contributed by atoms with Crippen LogP contribution in [0.2, 0.25) is 0 Å². The zero-order valence-electron chi connectivity index (χ0n) is 27.0. The Morgan fingerprint density at radius 2 is 1.91 bits per heavy atom. The topological polar surface area (TPSA) is 135 Å². The number of benzene rings is 3. The lowest BCUT2D eigenvalue weighted by Crippen LogP contribution is -2.47. The first-order chi connectivity index (χ1) is 22.9. The fraction of sp³-hybridized carbons (Fsp3) is 0.417. The monoisotopic (exact) mass is 641 g/mol. The maximum Gasteiger partial charge on any atom is 0.411 e. The Labute approximate surface area is 275 Å². The zero-order chi connectivity index (χ0) is 32.9. The van der Waals surface area contributed by atoms with Gasteiger partial charge in [0.1, 0.15) is 5.75 Å². The molecule has 3 aromatic rings. The van der Waals surface area contributed by atoms with Crippen molar-refractivity contribution in [2.45, 2.75) is 44.6 Å². The predicted molar refractivity (Wildman–Crippen MR) is 182 cm³/mol. The lowest BCUT2D eigenvalue weighted by atomic mass is 9.79. The average molecular weight is 642 g/mol. The van der Waals surface area contributed by atoms with Gasteiger partial charge in [-0.15, -0.1) is 0 Å². The Bertz CT molecular complexity index is 1630. The van der Waals surface area contributed by atoms with E-state index in [4.69, 9.17) is 19.9 Å². The molecule has 2 heterocycles. The highest BCUT2D eigenvalue weighted by Gasteiger charge is 2.41. The lowest BCUT2D eigenvalue weighted by molar-refractivity contribution is -0.123. The maximum absolute atomic E-state index is 14.6. The number of carbonyl (C=O) groups excluding carboxylic acids is 3. The van der Waals surface area contributed by atoms with Crippen molar-refractivity contribution in [1.29, 1.82) is 0 Å². The number of rotatable bonds is 11. The average Bonchev–Trinajstić information content (AvgIpc) is 3.92. The van der Waals surface area contributed by atoms with Crippen LogP contribution in [0.15, 0.2) is 60.7 Å². The van der Waals surface area contributed by atoms with Gasteiger partial charge in [0, 0.05) is 38.5 Å². The number of nitrogens with zero attached hydrogens (tertiary/aromatic N) is 2. The Morgan fingerprint density at radius 1 is 1.09 bits per heavy atom. The highest BCUT2D eigenvalue weighted by atomic mass is 16.5. The summed E-state index contributed by atoms with van der Waals surface area (Å²) in [7, 11) is 1.65. The molecular weight excluding hydrogens is 598 g/mol. The fourth-order valence-electron chi connectivity index (χ4n) is 6.58. The number of methoxy groups -OCH3 is 1. The van der Waals surface area contributed by atoms with E-state index in [-0.39, 0.29) is 42.9 Å². The zero-order valence-corrected chi connectivity index (χ0v) is 27.0. The molecule has 11 heteroatoms. The van der Waals surface area contributed by atoms with Crippen molar-refractivity contribution in [1.82, 2.24) is 5.32 Å². The minimum atomic E-state index is -0.549. The number of nitrogen functional groups attached to an aromatic ring is 1. The second kappa shape index (κ2) is 14.4. The highest BCUT2D eigenvalue weighted by Crippen LogP contribution is 2.42. The van der Waals surface area contributed by atoms with Gasteiger partial charge in [-0.2, -0.15) is 0 Å². The van der Waals surface area contributed by atoms with E-state index in [1.807, 2.05) is 47.4 Å². The van der Waals surface area contributed by atoms with Crippen LogP contribution in [0, 0.1) is 5.92 Å². The number of amides is 3. The molecule has 3 amide bonds. The van der Waals surface area contributed by atoms with E-state index in [1.165, 1.54) is 0 Å². The van der Waals surface area contributed by atoms with Crippen LogP contribution < -0.4 is 30.9 Å². The third-order valence-electron chi connectivity index (χ3n) is 9.05. The van der Waals surface area contributed by atoms with Gasteiger partial charge in [-0.1, -0.05) is 30.3 Å². The van der Waals surface area contributed by atoms with Crippen molar-refractivity contribution in [3.8, 4) is 16.9 Å². The molecule has 11 nitrogen and oxygen atoms in total. The summed E-state index contributed by atoms with van der Waals surface area (Å²) < 4.78 is 15.9. The molecule has 2 fully saturated rings. The number of ether oxygens (including phenoxy) is 3. The molecule has 0 bridgehead atoms. The third-order valence-corrected chi connectivity index (χ3v) is 9.05. The van der Waals surface area contributed by atoms with Crippen LogP contribution in [0.25, 0.3) is 11.1 Å². The van der Waals surface area contributed by atoms with Crippen LogP contribution in [-0.2, 0) is 19.1 Å². The molecule has 1 aliphatic carbocycles. The van der Waals surface area contributed by atoms with E-state index in [1.54, 1.807) is 25.0 Å². The van der Waals surface area contributed by atoms with Gasteiger partial charge in [-0.3, -0.25) is 14.9 Å². The molecule has 47 heavy (non-hydrogen) atoms. The Balaban J connectivity index is 1.25. The van der Waals surface area contributed by atoms with E-state index in [0.29, 0.717) is 48.9 Å². The minimum Gasteiger partial charge on any atom is -0.482 e. The van der Waals surface area contributed by atoms with E-state index in [9.17, 15) is 14.4 Å². The summed E-state index contributed by atoms with van der Waals surface area (Å²) in [6.07, 6.45) is 2.86. The maximum atomic E-state index is 14.6. The molecule has 248 valence electrons. The first kappa shape index (κ1) is 32.3. The first-order valence-electron chi connectivity index (χ1n) is 16.4. The molecule has 3 aromatic carbocycles. The van der Waals surface area contributed by atoms with Crippen LogP contribution in [0.3, 0.4) is 0 Å². The van der Waals surface area contributed by atoms with Crippen molar-refractivity contribution < 1.29 is 28.6 Å². The van der Waals surface area contributed by atoms with Crippen LogP contribution in [0.5, 0.6) is 5.75 Å². The molecule has 0 unspecified atom stereocenters. The molecule has 0 spiro atoms. The van der Waals surface area contributed by atoms with E-state index >= 15 is 0 Å². The largest absolute Gasteiger partial charge is 0.482 e. The van der Waals surface area contributed by atoms with Gasteiger partial charge in [0.2, 0.25) is 5.91 Å². The quantitative estimate of drug-likeness (QED) is 0.193. The normalized spacial score (nSPS) is 19.0. The SMILES string of the molecule is CCOC(=O)Nc1ccc(-c2cccc([C@H]3CCNC[C@@H]3C(=O)N(c3ccc4c(c3)N(CCCOC)C(=O)CO4)C3CC3)c2)cc1N. The smallest absolute Gasteiger partial charge is 0.411 e. The second-order valence-electron chi connectivity index (χ2n) is 12.3. The summed E-state index contributed by atoms with van der Waals surface area (Å²) in [5, 5.41) is 6.14. The number of anilines is 4. The van der Waals surface area contributed by atoms with Gasteiger partial charge < -0.3 is 35.1 Å². The van der Waals surface area contributed by atoms with Gasteiger partial charge >= 0.3 is 6.09 Å². The summed E-state index contributed by atoms with van der Waals surface area (Å²) in [5.41, 5.74) is 11.7. The molecule has 3 aliphatic rings. The van der Waals surface area contributed by atoms with Crippen molar-refractivity contribution in [2.24, 2.45) is 5.92 Å². The number of piperidine rings is 1. The number of nitrogens with two attached hydrogens (primary N) is 1. The Kier molecular flexibility index (Phi) is 9.93. The third kappa shape index (κ3) is 7.21. The van der Waals surface area contributed by atoms with Crippen LogP contribution >= 0.6 is 0 Å². The molecule has 2 aliphatic heterocycles. The summed E-state index contributed by atoms with van der Waals surface area (Å²) in [5.74, 6) is 0.377. The van der Waals surface area contributed by atoms with Gasteiger partial charge in [0.05, 0.1) is 29.6 Å². The molecule has 1 saturated carbocycles. The van der Waals surface area contributed by atoms with Gasteiger partial charge in [0.25, 0.3) is 5.91 Å². The summed E-state index contributed by atoms with van der Waals surface area (Å²) in [6.45, 7) is 4.48.